The van der Waals surface area contributed by atoms with Crippen LogP contribution in [0.25, 0.3) is 0 Å². The van der Waals surface area contributed by atoms with Crippen molar-refractivity contribution >= 4 is 5.97 Å². The number of carbonyl (C=O) groups excluding carboxylic acids is 1. The van der Waals surface area contributed by atoms with Crippen LogP contribution in [0.4, 0.5) is 0 Å². The molecule has 0 amide bonds. The van der Waals surface area contributed by atoms with E-state index in [0.29, 0.717) is 5.41 Å². The standard InChI is InChI=1S/C15H24O2/c1-10(2)17-13(16)15-7-11-4-12(8-15)6-14(3,5-11)9-15/h10-12H,4-9H2,1-3H3. The van der Waals surface area contributed by atoms with Crippen molar-refractivity contribution < 1.29 is 9.53 Å². The predicted octanol–water partition coefficient (Wildman–Crippen LogP) is 3.54. The van der Waals surface area contributed by atoms with Gasteiger partial charge >= 0.3 is 5.97 Å². The van der Waals surface area contributed by atoms with E-state index in [4.69, 9.17) is 4.74 Å². The molecule has 0 aromatic carbocycles. The van der Waals surface area contributed by atoms with Crippen LogP contribution in [-0.4, -0.2) is 12.1 Å². The fourth-order valence-corrected chi connectivity index (χ4v) is 5.30. The number of hydrogen-bond donors (Lipinski definition) is 0. The van der Waals surface area contributed by atoms with Gasteiger partial charge < -0.3 is 4.74 Å². The molecule has 0 radical (unpaired) electrons. The highest BCUT2D eigenvalue weighted by Gasteiger charge is 2.59. The second-order valence-corrected chi connectivity index (χ2v) is 7.51. The van der Waals surface area contributed by atoms with E-state index in [2.05, 4.69) is 6.92 Å². The average Bonchev–Trinajstić information content (AvgIpc) is 2.11. The van der Waals surface area contributed by atoms with E-state index in [1.54, 1.807) is 0 Å². The second kappa shape index (κ2) is 3.49. The van der Waals surface area contributed by atoms with Gasteiger partial charge in [0.25, 0.3) is 0 Å². The number of ether oxygens (including phenoxy) is 1. The SMILES string of the molecule is CC(C)OC(=O)C12CC3CC(CC(C)(C3)C1)C2. The zero-order valence-corrected chi connectivity index (χ0v) is 11.3. The summed E-state index contributed by atoms with van der Waals surface area (Å²) in [5.41, 5.74) is 0.323. The molecular formula is C15H24O2. The fraction of sp³-hybridized carbons (Fsp3) is 0.933. The Labute approximate surface area is 104 Å². The highest BCUT2D eigenvalue weighted by molar-refractivity contribution is 5.77. The van der Waals surface area contributed by atoms with Crippen LogP contribution in [0.15, 0.2) is 0 Å². The zero-order valence-electron chi connectivity index (χ0n) is 11.3. The van der Waals surface area contributed by atoms with Gasteiger partial charge in [0.05, 0.1) is 11.5 Å². The molecule has 2 atom stereocenters. The number of rotatable bonds is 2. The third-order valence-electron chi connectivity index (χ3n) is 5.13. The van der Waals surface area contributed by atoms with Gasteiger partial charge in [-0.3, -0.25) is 4.79 Å². The number of esters is 1. The summed E-state index contributed by atoms with van der Waals surface area (Å²) in [6.45, 7) is 6.31. The van der Waals surface area contributed by atoms with Gasteiger partial charge in [-0.2, -0.15) is 0 Å². The summed E-state index contributed by atoms with van der Waals surface area (Å²) in [5, 5.41) is 0. The molecule has 0 aromatic rings. The van der Waals surface area contributed by atoms with Crippen molar-refractivity contribution in [1.29, 1.82) is 0 Å². The van der Waals surface area contributed by atoms with E-state index in [1.807, 2.05) is 13.8 Å². The van der Waals surface area contributed by atoms with Crippen molar-refractivity contribution in [3.8, 4) is 0 Å². The van der Waals surface area contributed by atoms with Crippen molar-refractivity contribution in [3.63, 3.8) is 0 Å². The van der Waals surface area contributed by atoms with Gasteiger partial charge in [0, 0.05) is 0 Å². The molecule has 0 aliphatic heterocycles. The fourth-order valence-electron chi connectivity index (χ4n) is 5.30. The van der Waals surface area contributed by atoms with Gasteiger partial charge in [0.1, 0.15) is 0 Å². The highest BCUT2D eigenvalue weighted by Crippen LogP contribution is 2.65. The first kappa shape index (κ1) is 11.6. The Balaban J connectivity index is 1.85. The molecule has 2 nitrogen and oxygen atoms in total. The van der Waals surface area contributed by atoms with Crippen LogP contribution >= 0.6 is 0 Å². The molecule has 4 fully saturated rings. The van der Waals surface area contributed by atoms with Gasteiger partial charge in [0.2, 0.25) is 0 Å². The molecule has 0 spiro atoms. The molecule has 0 heterocycles. The van der Waals surface area contributed by atoms with Crippen LogP contribution in [0, 0.1) is 22.7 Å². The van der Waals surface area contributed by atoms with Gasteiger partial charge in [-0.05, 0) is 69.6 Å². The predicted molar refractivity (Wildman–Crippen MR) is 66.5 cm³/mol. The lowest BCUT2D eigenvalue weighted by molar-refractivity contribution is -0.182. The molecule has 4 bridgehead atoms. The van der Waals surface area contributed by atoms with E-state index >= 15 is 0 Å². The monoisotopic (exact) mass is 236 g/mol. The smallest absolute Gasteiger partial charge is 0.312 e. The third kappa shape index (κ3) is 1.80. The average molecular weight is 236 g/mol. The molecule has 4 saturated carbocycles. The zero-order chi connectivity index (χ0) is 12.3. The molecule has 0 saturated heterocycles. The first-order valence-electron chi connectivity index (χ1n) is 7.12. The van der Waals surface area contributed by atoms with Crippen LogP contribution in [0.2, 0.25) is 0 Å². The molecule has 4 aliphatic rings. The van der Waals surface area contributed by atoms with E-state index in [-0.39, 0.29) is 17.5 Å². The maximum absolute atomic E-state index is 12.4. The van der Waals surface area contributed by atoms with Gasteiger partial charge in [-0.25, -0.2) is 0 Å². The minimum absolute atomic E-state index is 0.0308. The summed E-state index contributed by atoms with van der Waals surface area (Å²) >= 11 is 0. The Morgan fingerprint density at radius 3 is 2.24 bits per heavy atom. The Bertz CT molecular complexity index is 331. The Kier molecular flexibility index (Phi) is 2.37. The maximum Gasteiger partial charge on any atom is 0.312 e. The first-order chi connectivity index (χ1) is 7.91. The molecule has 0 aromatic heterocycles. The van der Waals surface area contributed by atoms with E-state index < -0.39 is 0 Å². The quantitative estimate of drug-likeness (QED) is 0.685. The van der Waals surface area contributed by atoms with Crippen LogP contribution in [0.1, 0.15) is 59.3 Å². The first-order valence-corrected chi connectivity index (χ1v) is 7.12. The van der Waals surface area contributed by atoms with Gasteiger partial charge in [-0.15, -0.1) is 0 Å². The van der Waals surface area contributed by atoms with E-state index in [9.17, 15) is 4.79 Å². The highest BCUT2D eigenvalue weighted by atomic mass is 16.5. The lowest BCUT2D eigenvalue weighted by atomic mass is 9.44. The molecule has 4 rings (SSSR count). The van der Waals surface area contributed by atoms with Crippen molar-refractivity contribution in [2.24, 2.45) is 22.7 Å². The number of hydrogen-bond acceptors (Lipinski definition) is 2. The lowest BCUT2D eigenvalue weighted by Gasteiger charge is -2.60. The largest absolute Gasteiger partial charge is 0.463 e. The summed E-state index contributed by atoms with van der Waals surface area (Å²) in [4.78, 5) is 12.4. The third-order valence-corrected chi connectivity index (χ3v) is 5.13. The van der Waals surface area contributed by atoms with Crippen LogP contribution in [-0.2, 0) is 9.53 Å². The molecular weight excluding hydrogens is 212 g/mol. The molecule has 2 unspecified atom stereocenters. The summed E-state index contributed by atoms with van der Waals surface area (Å²) in [6.07, 6.45) is 7.38. The van der Waals surface area contributed by atoms with Gasteiger partial charge in [-0.1, -0.05) is 6.92 Å². The summed E-state index contributed by atoms with van der Waals surface area (Å²) in [5.74, 6) is 1.69. The van der Waals surface area contributed by atoms with Crippen LogP contribution in [0.3, 0.4) is 0 Å². The van der Waals surface area contributed by atoms with Crippen LogP contribution in [0.5, 0.6) is 0 Å². The van der Waals surface area contributed by atoms with Crippen molar-refractivity contribution in [2.45, 2.75) is 65.4 Å². The second-order valence-electron chi connectivity index (χ2n) is 7.51. The minimum Gasteiger partial charge on any atom is -0.463 e. The van der Waals surface area contributed by atoms with Crippen molar-refractivity contribution in [1.82, 2.24) is 0 Å². The minimum atomic E-state index is -0.108. The molecule has 96 valence electrons. The topological polar surface area (TPSA) is 26.3 Å². The maximum atomic E-state index is 12.4. The Hall–Kier alpha value is -0.530. The normalized spacial score (nSPS) is 47.5. The van der Waals surface area contributed by atoms with Gasteiger partial charge in [0.15, 0.2) is 0 Å². The molecule has 0 N–H and O–H groups in total. The van der Waals surface area contributed by atoms with E-state index in [1.165, 1.54) is 19.3 Å². The van der Waals surface area contributed by atoms with Crippen LogP contribution < -0.4 is 0 Å². The Morgan fingerprint density at radius 2 is 1.76 bits per heavy atom. The van der Waals surface area contributed by atoms with Crippen molar-refractivity contribution in [2.75, 3.05) is 0 Å². The summed E-state index contributed by atoms with van der Waals surface area (Å²) in [7, 11) is 0. The molecule has 17 heavy (non-hydrogen) atoms. The number of carbonyl (C=O) groups is 1. The molecule has 4 aliphatic carbocycles. The lowest BCUT2D eigenvalue weighted by Crippen LogP contribution is -2.54. The van der Waals surface area contributed by atoms with E-state index in [0.717, 1.165) is 31.1 Å². The molecule has 2 heteroatoms. The summed E-state index contributed by atoms with van der Waals surface area (Å²) < 4.78 is 5.54. The van der Waals surface area contributed by atoms with Crippen molar-refractivity contribution in [3.05, 3.63) is 0 Å². The summed E-state index contributed by atoms with van der Waals surface area (Å²) in [6, 6.07) is 0. The Morgan fingerprint density at radius 1 is 1.18 bits per heavy atom.